The third-order valence-corrected chi connectivity index (χ3v) is 3.66. The van der Waals surface area contributed by atoms with Gasteiger partial charge in [-0.1, -0.05) is 48.6 Å². The van der Waals surface area contributed by atoms with Gasteiger partial charge in [0, 0.05) is 18.0 Å². The van der Waals surface area contributed by atoms with Crippen molar-refractivity contribution in [2.75, 3.05) is 5.32 Å². The average molecular weight is 292 g/mol. The maximum atomic E-state index is 5.51. The quantitative estimate of drug-likeness (QED) is 0.712. The average Bonchev–Trinajstić information content (AvgIpc) is 3.02. The zero-order chi connectivity index (χ0) is 14.7. The number of nitrogens with zero attached hydrogens (tertiary/aromatic N) is 1. The SMILES string of the molecule is Cc1ccc(-n2cccc2)c(NC(=S)c2ccccc2)c1. The molecule has 0 fully saturated rings. The van der Waals surface area contributed by atoms with Crippen LogP contribution in [0.15, 0.2) is 73.1 Å². The van der Waals surface area contributed by atoms with E-state index in [0.29, 0.717) is 0 Å². The van der Waals surface area contributed by atoms with Crippen LogP contribution in [-0.2, 0) is 0 Å². The first kappa shape index (κ1) is 13.6. The lowest BCUT2D eigenvalue weighted by Crippen LogP contribution is -2.12. The van der Waals surface area contributed by atoms with E-state index in [4.69, 9.17) is 12.2 Å². The van der Waals surface area contributed by atoms with Gasteiger partial charge in [0.2, 0.25) is 0 Å². The van der Waals surface area contributed by atoms with E-state index in [0.717, 1.165) is 21.9 Å². The number of aryl methyl sites for hydroxylation is 1. The second-order valence-corrected chi connectivity index (χ2v) is 5.34. The van der Waals surface area contributed by atoms with Crippen LogP contribution >= 0.6 is 12.2 Å². The second-order valence-electron chi connectivity index (χ2n) is 4.93. The zero-order valence-electron chi connectivity index (χ0n) is 11.8. The smallest absolute Gasteiger partial charge is 0.111 e. The summed E-state index contributed by atoms with van der Waals surface area (Å²) in [6, 6.07) is 20.4. The zero-order valence-corrected chi connectivity index (χ0v) is 12.6. The van der Waals surface area contributed by atoms with Gasteiger partial charge in [-0.15, -0.1) is 0 Å². The number of nitrogens with one attached hydrogen (secondary N) is 1. The lowest BCUT2D eigenvalue weighted by molar-refractivity contribution is 1.08. The molecule has 1 N–H and O–H groups in total. The van der Waals surface area contributed by atoms with Crippen LogP contribution in [0.1, 0.15) is 11.1 Å². The summed E-state index contributed by atoms with van der Waals surface area (Å²) in [5, 5.41) is 3.37. The van der Waals surface area contributed by atoms with E-state index in [9.17, 15) is 0 Å². The first-order valence-corrected chi connectivity index (χ1v) is 7.25. The first-order valence-electron chi connectivity index (χ1n) is 6.84. The number of anilines is 1. The molecule has 0 aliphatic rings. The van der Waals surface area contributed by atoms with Gasteiger partial charge in [-0.05, 0) is 36.8 Å². The summed E-state index contributed by atoms with van der Waals surface area (Å²) in [6.45, 7) is 2.08. The molecule has 2 aromatic carbocycles. The highest BCUT2D eigenvalue weighted by atomic mass is 32.1. The van der Waals surface area contributed by atoms with Gasteiger partial charge < -0.3 is 9.88 Å². The Hall–Kier alpha value is -2.39. The molecule has 0 amide bonds. The lowest BCUT2D eigenvalue weighted by Gasteiger charge is -2.14. The summed E-state index contributed by atoms with van der Waals surface area (Å²) in [6.07, 6.45) is 4.06. The Labute approximate surface area is 130 Å². The Morgan fingerprint density at radius 3 is 2.38 bits per heavy atom. The highest BCUT2D eigenvalue weighted by Gasteiger charge is 2.07. The Morgan fingerprint density at radius 1 is 0.952 bits per heavy atom. The standard InChI is InChI=1S/C18H16N2S/c1-14-9-10-17(20-11-5-6-12-20)16(13-14)19-18(21)15-7-3-2-4-8-15/h2-13H,1H3,(H,19,21). The van der Waals surface area contributed by atoms with Crippen LogP contribution in [0.3, 0.4) is 0 Å². The minimum absolute atomic E-state index is 0.731. The Kier molecular flexibility index (Phi) is 3.84. The fraction of sp³-hybridized carbons (Fsp3) is 0.0556. The Balaban J connectivity index is 1.95. The van der Waals surface area contributed by atoms with Crippen molar-refractivity contribution < 1.29 is 0 Å². The van der Waals surface area contributed by atoms with E-state index < -0.39 is 0 Å². The van der Waals surface area contributed by atoms with Crippen molar-refractivity contribution >= 4 is 22.9 Å². The third kappa shape index (κ3) is 3.03. The largest absolute Gasteiger partial charge is 0.344 e. The van der Waals surface area contributed by atoms with Crippen LogP contribution in [0.5, 0.6) is 0 Å². The van der Waals surface area contributed by atoms with Crippen molar-refractivity contribution in [2.45, 2.75) is 6.92 Å². The van der Waals surface area contributed by atoms with Gasteiger partial charge in [-0.3, -0.25) is 0 Å². The van der Waals surface area contributed by atoms with Crippen LogP contribution in [-0.4, -0.2) is 9.56 Å². The molecule has 0 aliphatic heterocycles. The highest BCUT2D eigenvalue weighted by Crippen LogP contribution is 2.23. The van der Waals surface area contributed by atoms with Crippen molar-refractivity contribution in [3.63, 3.8) is 0 Å². The van der Waals surface area contributed by atoms with Gasteiger partial charge in [-0.25, -0.2) is 0 Å². The molecule has 3 heteroatoms. The maximum Gasteiger partial charge on any atom is 0.111 e. The molecule has 3 rings (SSSR count). The monoisotopic (exact) mass is 292 g/mol. The van der Waals surface area contributed by atoms with Gasteiger partial charge in [0.05, 0.1) is 11.4 Å². The van der Waals surface area contributed by atoms with Crippen molar-refractivity contribution in [3.05, 3.63) is 84.2 Å². The van der Waals surface area contributed by atoms with Crippen molar-refractivity contribution in [2.24, 2.45) is 0 Å². The second kappa shape index (κ2) is 5.94. The molecule has 21 heavy (non-hydrogen) atoms. The fourth-order valence-corrected chi connectivity index (χ4v) is 2.50. The topological polar surface area (TPSA) is 17.0 Å². The van der Waals surface area contributed by atoms with Crippen molar-refractivity contribution in [3.8, 4) is 5.69 Å². The van der Waals surface area contributed by atoms with E-state index in [2.05, 4.69) is 35.0 Å². The van der Waals surface area contributed by atoms with Gasteiger partial charge >= 0.3 is 0 Å². The van der Waals surface area contributed by atoms with Gasteiger partial charge in [0.1, 0.15) is 4.99 Å². The highest BCUT2D eigenvalue weighted by molar-refractivity contribution is 7.81. The molecule has 0 unspecified atom stereocenters. The number of aromatic nitrogens is 1. The van der Waals surface area contributed by atoms with Crippen LogP contribution in [0.4, 0.5) is 5.69 Å². The fourth-order valence-electron chi connectivity index (χ4n) is 2.25. The molecule has 1 aromatic heterocycles. The van der Waals surface area contributed by atoms with Gasteiger partial charge in [-0.2, -0.15) is 0 Å². The van der Waals surface area contributed by atoms with Gasteiger partial charge in [0.15, 0.2) is 0 Å². The molecular formula is C18H16N2S. The molecule has 3 aromatic rings. The summed E-state index contributed by atoms with van der Waals surface area (Å²) in [5.74, 6) is 0. The lowest BCUT2D eigenvalue weighted by atomic mass is 10.1. The number of rotatable bonds is 3. The van der Waals surface area contributed by atoms with E-state index >= 15 is 0 Å². The summed E-state index contributed by atoms with van der Waals surface area (Å²) in [7, 11) is 0. The number of hydrogen-bond donors (Lipinski definition) is 1. The third-order valence-electron chi connectivity index (χ3n) is 3.32. The molecule has 2 nitrogen and oxygen atoms in total. The molecule has 104 valence electrons. The molecule has 1 heterocycles. The van der Waals surface area contributed by atoms with Crippen LogP contribution in [0.25, 0.3) is 5.69 Å². The normalized spacial score (nSPS) is 10.3. The molecule has 0 radical (unpaired) electrons. The predicted octanol–water partition coefficient (Wildman–Crippen LogP) is 4.57. The molecule has 0 saturated heterocycles. The van der Waals surface area contributed by atoms with Crippen molar-refractivity contribution in [1.82, 2.24) is 4.57 Å². The number of hydrogen-bond acceptors (Lipinski definition) is 1. The van der Waals surface area contributed by atoms with Crippen LogP contribution in [0.2, 0.25) is 0 Å². The number of benzene rings is 2. The summed E-state index contributed by atoms with van der Waals surface area (Å²) >= 11 is 5.51. The molecule has 0 saturated carbocycles. The molecular weight excluding hydrogens is 276 g/mol. The summed E-state index contributed by atoms with van der Waals surface area (Å²) in [5.41, 5.74) is 4.32. The minimum atomic E-state index is 0.731. The molecule has 0 bridgehead atoms. The Morgan fingerprint density at radius 2 is 1.67 bits per heavy atom. The first-order chi connectivity index (χ1) is 10.2. The van der Waals surface area contributed by atoms with Crippen molar-refractivity contribution in [1.29, 1.82) is 0 Å². The predicted molar refractivity (Wildman–Crippen MR) is 92.3 cm³/mol. The van der Waals surface area contributed by atoms with E-state index in [1.54, 1.807) is 0 Å². The van der Waals surface area contributed by atoms with E-state index in [-0.39, 0.29) is 0 Å². The maximum absolute atomic E-state index is 5.51. The van der Waals surface area contributed by atoms with E-state index in [1.165, 1.54) is 5.56 Å². The van der Waals surface area contributed by atoms with E-state index in [1.807, 2.05) is 54.9 Å². The van der Waals surface area contributed by atoms with Crippen LogP contribution < -0.4 is 5.32 Å². The minimum Gasteiger partial charge on any atom is -0.344 e. The Bertz CT molecular complexity index is 746. The number of thiocarbonyl (C=S) groups is 1. The summed E-state index contributed by atoms with van der Waals surface area (Å²) in [4.78, 5) is 0.731. The van der Waals surface area contributed by atoms with Gasteiger partial charge in [0.25, 0.3) is 0 Å². The molecule has 0 spiro atoms. The van der Waals surface area contributed by atoms with Crippen LogP contribution in [0, 0.1) is 6.92 Å². The molecule has 0 atom stereocenters. The molecule has 0 aliphatic carbocycles. The summed E-state index contributed by atoms with van der Waals surface area (Å²) < 4.78 is 2.08.